The van der Waals surface area contributed by atoms with Gasteiger partial charge in [0, 0.05) is 10.2 Å². The molecule has 0 fully saturated rings. The summed E-state index contributed by atoms with van der Waals surface area (Å²) in [7, 11) is 0. The fraction of sp³-hybridized carbons (Fsp3) is 0.100. The summed E-state index contributed by atoms with van der Waals surface area (Å²) in [6.07, 6.45) is 3.22. The fourth-order valence-electron chi connectivity index (χ4n) is 2.78. The van der Waals surface area contributed by atoms with Gasteiger partial charge >= 0.3 is 5.97 Å². The van der Waals surface area contributed by atoms with E-state index in [9.17, 15) is 4.79 Å². The molecular weight excluding hydrogens is 422 g/mol. The van der Waals surface area contributed by atoms with E-state index >= 15 is 0 Å². The number of carbonyl (C=O) groups excluding carboxylic acids is 1. The van der Waals surface area contributed by atoms with E-state index in [-0.39, 0.29) is 5.97 Å². The summed E-state index contributed by atoms with van der Waals surface area (Å²) in [4.78, 5) is 20.5. The predicted octanol–water partition coefficient (Wildman–Crippen LogP) is 4.50. The monoisotopic (exact) mass is 437 g/mol. The Balaban J connectivity index is 1.64. The largest absolute Gasteiger partial charge is 0.462 e. The molecular formula is C20H16BrN5O2. The number of anilines is 2. The Bertz CT molecular complexity index is 1140. The first-order chi connectivity index (χ1) is 13.7. The van der Waals surface area contributed by atoms with Gasteiger partial charge in [-0.3, -0.25) is 0 Å². The molecule has 2 heterocycles. The maximum Gasteiger partial charge on any atom is 0.338 e. The highest BCUT2D eigenvalue weighted by atomic mass is 79.9. The first-order valence-electron chi connectivity index (χ1n) is 8.64. The van der Waals surface area contributed by atoms with Crippen LogP contribution >= 0.6 is 15.9 Å². The van der Waals surface area contributed by atoms with Gasteiger partial charge in [-0.15, -0.1) is 0 Å². The van der Waals surface area contributed by atoms with E-state index in [1.54, 1.807) is 42.1 Å². The van der Waals surface area contributed by atoms with Crippen molar-refractivity contribution in [2.24, 2.45) is 0 Å². The molecule has 0 saturated heterocycles. The lowest BCUT2D eigenvalue weighted by molar-refractivity contribution is 0.0526. The van der Waals surface area contributed by atoms with Gasteiger partial charge in [-0.2, -0.15) is 5.10 Å². The standard InChI is InChI=1S/C20H16BrN5O2/c1-2-28-20(27)13-6-8-15(9-7-13)25-18-17-11-24-26(19(17)23-12-22-18)16-5-3-4-14(21)10-16/h3-12H,2H2,1H3,(H,22,23,25). The van der Waals surface area contributed by atoms with Crippen molar-refractivity contribution in [2.75, 3.05) is 11.9 Å². The number of ether oxygens (including phenoxy) is 1. The van der Waals surface area contributed by atoms with Gasteiger partial charge in [-0.1, -0.05) is 22.0 Å². The average Bonchev–Trinajstić information content (AvgIpc) is 3.14. The Kier molecular flexibility index (Phi) is 5.03. The highest BCUT2D eigenvalue weighted by molar-refractivity contribution is 9.10. The SMILES string of the molecule is CCOC(=O)c1ccc(Nc2ncnc3c2cnn3-c2cccc(Br)c2)cc1. The second-order valence-electron chi connectivity index (χ2n) is 5.92. The Morgan fingerprint density at radius 3 is 2.75 bits per heavy atom. The smallest absolute Gasteiger partial charge is 0.338 e. The molecule has 0 radical (unpaired) electrons. The third-order valence-electron chi connectivity index (χ3n) is 4.08. The number of rotatable bonds is 5. The van der Waals surface area contributed by atoms with E-state index in [1.807, 2.05) is 24.3 Å². The lowest BCUT2D eigenvalue weighted by Gasteiger charge is -2.08. The Labute approximate surface area is 169 Å². The minimum Gasteiger partial charge on any atom is -0.462 e. The number of halogens is 1. The molecule has 140 valence electrons. The number of hydrogen-bond donors (Lipinski definition) is 1. The molecule has 2 aromatic carbocycles. The molecule has 0 aliphatic rings. The van der Waals surface area contributed by atoms with Crippen molar-refractivity contribution >= 4 is 44.4 Å². The number of nitrogens with zero attached hydrogens (tertiary/aromatic N) is 4. The quantitative estimate of drug-likeness (QED) is 0.462. The van der Waals surface area contributed by atoms with Crippen LogP contribution in [0.3, 0.4) is 0 Å². The van der Waals surface area contributed by atoms with Gasteiger partial charge in [0.1, 0.15) is 12.1 Å². The first-order valence-corrected chi connectivity index (χ1v) is 9.44. The van der Waals surface area contributed by atoms with Gasteiger partial charge in [0.2, 0.25) is 0 Å². The molecule has 0 unspecified atom stereocenters. The number of fused-ring (bicyclic) bond motifs is 1. The van der Waals surface area contributed by atoms with Crippen LogP contribution in [0.25, 0.3) is 16.7 Å². The van der Waals surface area contributed by atoms with Crippen LogP contribution in [0, 0.1) is 0 Å². The molecule has 8 heteroatoms. The highest BCUT2D eigenvalue weighted by Crippen LogP contribution is 2.25. The summed E-state index contributed by atoms with van der Waals surface area (Å²) in [5.41, 5.74) is 2.89. The topological polar surface area (TPSA) is 81.9 Å². The van der Waals surface area contributed by atoms with E-state index in [2.05, 4.69) is 36.3 Å². The third-order valence-corrected chi connectivity index (χ3v) is 4.57. The predicted molar refractivity (Wildman–Crippen MR) is 110 cm³/mol. The summed E-state index contributed by atoms with van der Waals surface area (Å²) in [6.45, 7) is 2.13. The molecule has 0 aliphatic carbocycles. The number of carbonyl (C=O) groups is 1. The molecule has 28 heavy (non-hydrogen) atoms. The van der Waals surface area contributed by atoms with Gasteiger partial charge in [0.05, 0.1) is 29.4 Å². The van der Waals surface area contributed by atoms with Crippen LogP contribution in [-0.4, -0.2) is 32.3 Å². The van der Waals surface area contributed by atoms with Crippen molar-refractivity contribution in [2.45, 2.75) is 6.92 Å². The van der Waals surface area contributed by atoms with Crippen LogP contribution in [-0.2, 0) is 4.74 Å². The number of hydrogen-bond acceptors (Lipinski definition) is 6. The molecule has 0 bridgehead atoms. The molecule has 0 amide bonds. The van der Waals surface area contributed by atoms with Gasteiger partial charge in [0.15, 0.2) is 5.65 Å². The lowest BCUT2D eigenvalue weighted by Crippen LogP contribution is -2.04. The Morgan fingerprint density at radius 1 is 1.18 bits per heavy atom. The zero-order valence-electron chi connectivity index (χ0n) is 15.0. The minimum atomic E-state index is -0.339. The summed E-state index contributed by atoms with van der Waals surface area (Å²) in [5, 5.41) is 8.50. The van der Waals surface area contributed by atoms with Crippen molar-refractivity contribution in [1.82, 2.24) is 19.7 Å². The van der Waals surface area contributed by atoms with E-state index in [0.717, 1.165) is 21.2 Å². The summed E-state index contributed by atoms with van der Waals surface area (Å²) in [5.74, 6) is 0.295. The number of aromatic nitrogens is 4. The maximum atomic E-state index is 11.8. The molecule has 4 rings (SSSR count). The average molecular weight is 438 g/mol. The molecule has 0 spiro atoms. The van der Waals surface area contributed by atoms with Crippen molar-refractivity contribution in [3.63, 3.8) is 0 Å². The van der Waals surface area contributed by atoms with Crippen molar-refractivity contribution < 1.29 is 9.53 Å². The molecule has 2 aromatic heterocycles. The van der Waals surface area contributed by atoms with Gasteiger partial charge in [-0.05, 0) is 49.4 Å². The zero-order valence-corrected chi connectivity index (χ0v) is 16.5. The molecule has 1 N–H and O–H groups in total. The maximum absolute atomic E-state index is 11.8. The summed E-state index contributed by atoms with van der Waals surface area (Å²) < 4.78 is 7.72. The van der Waals surface area contributed by atoms with E-state index < -0.39 is 0 Å². The summed E-state index contributed by atoms with van der Waals surface area (Å²) in [6, 6.07) is 14.9. The molecule has 7 nitrogen and oxygen atoms in total. The first kappa shape index (κ1) is 18.1. The number of nitrogens with one attached hydrogen (secondary N) is 1. The number of esters is 1. The van der Waals surface area contributed by atoms with Crippen molar-refractivity contribution in [1.29, 1.82) is 0 Å². The van der Waals surface area contributed by atoms with Crippen LogP contribution in [0.2, 0.25) is 0 Å². The van der Waals surface area contributed by atoms with E-state index in [4.69, 9.17) is 4.74 Å². The van der Waals surface area contributed by atoms with Crippen molar-refractivity contribution in [3.8, 4) is 5.69 Å². The molecule has 0 atom stereocenters. The van der Waals surface area contributed by atoms with Crippen LogP contribution < -0.4 is 5.32 Å². The summed E-state index contributed by atoms with van der Waals surface area (Å²) >= 11 is 3.48. The molecule has 0 saturated carbocycles. The van der Waals surface area contributed by atoms with Crippen molar-refractivity contribution in [3.05, 3.63) is 71.1 Å². The van der Waals surface area contributed by atoms with Gasteiger partial charge < -0.3 is 10.1 Å². The third kappa shape index (κ3) is 3.59. The lowest BCUT2D eigenvalue weighted by atomic mass is 10.2. The zero-order chi connectivity index (χ0) is 19.5. The fourth-order valence-corrected chi connectivity index (χ4v) is 3.17. The second kappa shape index (κ2) is 7.77. The van der Waals surface area contributed by atoms with Crippen LogP contribution in [0.4, 0.5) is 11.5 Å². The van der Waals surface area contributed by atoms with Crippen LogP contribution in [0.5, 0.6) is 0 Å². The Hall–Kier alpha value is -3.26. The number of benzene rings is 2. The normalized spacial score (nSPS) is 10.8. The van der Waals surface area contributed by atoms with Gasteiger partial charge in [0.25, 0.3) is 0 Å². The van der Waals surface area contributed by atoms with E-state index in [0.29, 0.717) is 23.6 Å². The second-order valence-corrected chi connectivity index (χ2v) is 6.83. The highest BCUT2D eigenvalue weighted by Gasteiger charge is 2.12. The molecule has 4 aromatic rings. The minimum absolute atomic E-state index is 0.339. The van der Waals surface area contributed by atoms with Crippen LogP contribution in [0.15, 0.2) is 65.5 Å². The van der Waals surface area contributed by atoms with Crippen LogP contribution in [0.1, 0.15) is 17.3 Å². The van der Waals surface area contributed by atoms with E-state index in [1.165, 1.54) is 6.33 Å². The van der Waals surface area contributed by atoms with Gasteiger partial charge in [-0.25, -0.2) is 19.4 Å². The Morgan fingerprint density at radius 2 is 2.00 bits per heavy atom. The molecule has 0 aliphatic heterocycles.